The van der Waals surface area contributed by atoms with Gasteiger partial charge < -0.3 is 4.74 Å². The molecule has 0 saturated carbocycles. The minimum atomic E-state index is -0.183. The number of hydrogen-bond donors (Lipinski definition) is 0. The number of halogens is 1. The van der Waals surface area contributed by atoms with Gasteiger partial charge in [0.15, 0.2) is 0 Å². The molecule has 1 aromatic heterocycles. The maximum atomic E-state index is 13.4. The molecule has 5 nitrogen and oxygen atoms in total. The van der Waals surface area contributed by atoms with Gasteiger partial charge >= 0.3 is 0 Å². The van der Waals surface area contributed by atoms with Crippen LogP contribution >= 0.6 is 15.9 Å². The Morgan fingerprint density at radius 2 is 1.78 bits per heavy atom. The van der Waals surface area contributed by atoms with Gasteiger partial charge in [-0.1, -0.05) is 83.9 Å². The van der Waals surface area contributed by atoms with E-state index in [2.05, 4.69) is 52.2 Å². The van der Waals surface area contributed by atoms with E-state index in [0.717, 1.165) is 28.4 Å². The van der Waals surface area contributed by atoms with Gasteiger partial charge in [0.25, 0.3) is 5.56 Å². The molecule has 0 fully saturated rings. The van der Waals surface area contributed by atoms with Crippen molar-refractivity contribution >= 4 is 43.8 Å². The van der Waals surface area contributed by atoms with Gasteiger partial charge in [0.2, 0.25) is 0 Å². The molecule has 0 aliphatic heterocycles. The van der Waals surface area contributed by atoms with E-state index in [1.54, 1.807) is 12.3 Å². The van der Waals surface area contributed by atoms with E-state index in [1.807, 2.05) is 54.6 Å². The molecule has 0 unspecified atom stereocenters. The molecule has 5 rings (SSSR count). The molecule has 5 aromatic rings. The van der Waals surface area contributed by atoms with E-state index in [0.29, 0.717) is 35.5 Å². The normalized spacial score (nSPS) is 11.5. The van der Waals surface area contributed by atoms with E-state index < -0.39 is 0 Å². The number of ether oxygens (including phenoxy) is 1. The Labute approximate surface area is 218 Å². The lowest BCUT2D eigenvalue weighted by atomic mass is 10.1. The predicted molar refractivity (Wildman–Crippen MR) is 150 cm³/mol. The Bertz CT molecular complexity index is 1620. The lowest BCUT2D eigenvalue weighted by Gasteiger charge is -2.12. The highest BCUT2D eigenvalue weighted by Gasteiger charge is 2.11. The van der Waals surface area contributed by atoms with E-state index in [4.69, 9.17) is 9.72 Å². The van der Waals surface area contributed by atoms with Crippen LogP contribution < -0.4 is 10.3 Å². The molecule has 6 heteroatoms. The minimum absolute atomic E-state index is 0.183. The maximum absolute atomic E-state index is 13.4. The zero-order valence-corrected chi connectivity index (χ0v) is 21.6. The van der Waals surface area contributed by atoms with Gasteiger partial charge in [-0.2, -0.15) is 9.78 Å². The first-order chi connectivity index (χ1) is 17.6. The predicted octanol–water partition coefficient (Wildman–Crippen LogP) is 7.12. The number of rotatable bonds is 8. The Morgan fingerprint density at radius 3 is 2.67 bits per heavy atom. The summed E-state index contributed by atoms with van der Waals surface area (Å²) >= 11 is 3.46. The summed E-state index contributed by atoms with van der Waals surface area (Å²) < 4.78 is 8.48. The topological polar surface area (TPSA) is 56.5 Å². The standard InChI is InChI=1S/C30H26BrN3O2/c1-2-3-15-29-33-27-17-16-24(31)18-26(27)30(35)34(29)32-19-22-10-5-7-14-28(22)36-20-23-12-8-11-21-9-4-6-13-25(21)23/h4-14,16-19H,2-3,15,20H2,1H3. The van der Waals surface area contributed by atoms with Crippen LogP contribution in [-0.2, 0) is 13.0 Å². The molecule has 0 aliphatic carbocycles. The minimum Gasteiger partial charge on any atom is -0.488 e. The fourth-order valence-corrected chi connectivity index (χ4v) is 4.58. The summed E-state index contributed by atoms with van der Waals surface area (Å²) in [6.45, 7) is 2.55. The van der Waals surface area contributed by atoms with Crippen molar-refractivity contribution in [2.24, 2.45) is 5.10 Å². The molecule has 180 valence electrons. The number of aryl methyl sites for hydroxylation is 1. The molecule has 0 N–H and O–H groups in total. The Kier molecular flexibility index (Phi) is 7.23. The second-order valence-corrected chi connectivity index (χ2v) is 9.54. The maximum Gasteiger partial charge on any atom is 0.282 e. The fraction of sp³-hybridized carbons (Fsp3) is 0.167. The zero-order chi connectivity index (χ0) is 24.9. The summed E-state index contributed by atoms with van der Waals surface area (Å²) in [5.41, 5.74) is 2.40. The molecular formula is C30H26BrN3O2. The first kappa shape index (κ1) is 23.9. The second kappa shape index (κ2) is 10.9. The van der Waals surface area contributed by atoms with Crippen molar-refractivity contribution in [1.82, 2.24) is 9.66 Å². The lowest BCUT2D eigenvalue weighted by molar-refractivity contribution is 0.307. The summed E-state index contributed by atoms with van der Waals surface area (Å²) in [4.78, 5) is 18.1. The SMILES string of the molecule is CCCCc1nc2ccc(Br)cc2c(=O)n1N=Cc1ccccc1OCc1cccc2ccccc12. The molecule has 0 aliphatic rings. The van der Waals surface area contributed by atoms with Crippen LogP contribution in [-0.4, -0.2) is 15.9 Å². The third-order valence-electron chi connectivity index (χ3n) is 6.12. The zero-order valence-electron chi connectivity index (χ0n) is 20.0. The summed E-state index contributed by atoms with van der Waals surface area (Å²) in [5, 5.41) is 7.48. The average Bonchev–Trinajstić information content (AvgIpc) is 2.91. The Morgan fingerprint density at radius 1 is 0.972 bits per heavy atom. The number of hydrogen-bond acceptors (Lipinski definition) is 4. The van der Waals surface area contributed by atoms with Crippen molar-refractivity contribution in [3.8, 4) is 5.75 Å². The second-order valence-electron chi connectivity index (χ2n) is 8.62. The lowest BCUT2D eigenvalue weighted by Crippen LogP contribution is -2.22. The van der Waals surface area contributed by atoms with Crippen molar-refractivity contribution in [3.63, 3.8) is 0 Å². The van der Waals surface area contributed by atoms with E-state index >= 15 is 0 Å². The number of nitrogens with zero attached hydrogens (tertiary/aromatic N) is 3. The van der Waals surface area contributed by atoms with Crippen molar-refractivity contribution < 1.29 is 4.74 Å². The third kappa shape index (κ3) is 5.09. The number of para-hydroxylation sites is 1. The van der Waals surface area contributed by atoms with Crippen molar-refractivity contribution in [3.05, 3.63) is 117 Å². The molecule has 1 heterocycles. The van der Waals surface area contributed by atoms with Crippen LogP contribution in [0.1, 0.15) is 36.7 Å². The first-order valence-corrected chi connectivity index (χ1v) is 12.9. The van der Waals surface area contributed by atoms with Crippen LogP contribution in [0.25, 0.3) is 21.7 Å². The first-order valence-electron chi connectivity index (χ1n) is 12.1. The smallest absolute Gasteiger partial charge is 0.282 e. The van der Waals surface area contributed by atoms with Crippen LogP contribution in [0.2, 0.25) is 0 Å². The molecule has 0 atom stereocenters. The number of fused-ring (bicyclic) bond motifs is 2. The van der Waals surface area contributed by atoms with E-state index in [-0.39, 0.29) is 5.56 Å². The van der Waals surface area contributed by atoms with Gasteiger partial charge in [0, 0.05) is 16.5 Å². The summed E-state index contributed by atoms with van der Waals surface area (Å²) in [7, 11) is 0. The highest BCUT2D eigenvalue weighted by Crippen LogP contribution is 2.23. The average molecular weight is 540 g/mol. The van der Waals surface area contributed by atoms with Crippen LogP contribution in [0.15, 0.2) is 99.3 Å². The summed E-state index contributed by atoms with van der Waals surface area (Å²) in [6.07, 6.45) is 4.28. The highest BCUT2D eigenvalue weighted by atomic mass is 79.9. The third-order valence-corrected chi connectivity index (χ3v) is 6.62. The molecular weight excluding hydrogens is 514 g/mol. The van der Waals surface area contributed by atoms with E-state index in [1.165, 1.54) is 15.4 Å². The number of aromatic nitrogens is 2. The quantitative estimate of drug-likeness (QED) is 0.197. The van der Waals surface area contributed by atoms with Crippen molar-refractivity contribution in [2.75, 3.05) is 0 Å². The molecule has 0 bridgehead atoms. The molecule has 0 amide bonds. The van der Waals surface area contributed by atoms with Gasteiger partial charge in [-0.05, 0) is 53.1 Å². The Hall–Kier alpha value is -3.77. The molecule has 0 spiro atoms. The van der Waals surface area contributed by atoms with Crippen LogP contribution in [0.4, 0.5) is 0 Å². The van der Waals surface area contributed by atoms with Crippen LogP contribution in [0.5, 0.6) is 5.75 Å². The summed E-state index contributed by atoms with van der Waals surface area (Å²) in [5.74, 6) is 1.36. The van der Waals surface area contributed by atoms with E-state index in [9.17, 15) is 4.79 Å². The largest absolute Gasteiger partial charge is 0.488 e. The summed E-state index contributed by atoms with van der Waals surface area (Å²) in [6, 6.07) is 27.8. The number of unbranched alkanes of at least 4 members (excludes halogenated alkanes) is 1. The van der Waals surface area contributed by atoms with Crippen LogP contribution in [0.3, 0.4) is 0 Å². The van der Waals surface area contributed by atoms with Gasteiger partial charge in [-0.3, -0.25) is 4.79 Å². The molecule has 36 heavy (non-hydrogen) atoms. The van der Waals surface area contributed by atoms with Gasteiger partial charge in [0.05, 0.1) is 17.1 Å². The van der Waals surface area contributed by atoms with Crippen molar-refractivity contribution in [2.45, 2.75) is 32.8 Å². The Balaban J connectivity index is 1.48. The van der Waals surface area contributed by atoms with Crippen molar-refractivity contribution in [1.29, 1.82) is 0 Å². The fourth-order valence-electron chi connectivity index (χ4n) is 4.22. The molecule has 0 saturated heterocycles. The monoisotopic (exact) mass is 539 g/mol. The van der Waals surface area contributed by atoms with Gasteiger partial charge in [-0.25, -0.2) is 4.98 Å². The highest BCUT2D eigenvalue weighted by molar-refractivity contribution is 9.10. The molecule has 4 aromatic carbocycles. The van der Waals surface area contributed by atoms with Gasteiger partial charge in [0.1, 0.15) is 18.2 Å². The van der Waals surface area contributed by atoms with Crippen LogP contribution in [0, 0.1) is 0 Å². The van der Waals surface area contributed by atoms with Gasteiger partial charge in [-0.15, -0.1) is 0 Å². The number of benzene rings is 4. The molecule has 0 radical (unpaired) electrons.